The topological polar surface area (TPSA) is 87.8 Å². The van der Waals surface area contributed by atoms with Crippen molar-refractivity contribution in [1.82, 2.24) is 10.2 Å². The molecule has 0 aliphatic carbocycles. The number of carbonyl (C=O) groups is 1. The maximum absolute atomic E-state index is 11.2. The Morgan fingerprint density at radius 3 is 3.10 bits per heavy atom. The van der Waals surface area contributed by atoms with Gasteiger partial charge in [-0.15, -0.1) is 0 Å². The number of benzene rings is 1. The molecule has 0 saturated carbocycles. The fraction of sp³-hybridized carbons (Fsp3) is 0.429. The first-order valence-corrected chi connectivity index (χ1v) is 7.15. The third kappa shape index (κ3) is 4.96. The SMILES string of the molecule is NC(=S)c1cccc(OCC(O)CN2CCNC(=O)C2)c1. The van der Waals surface area contributed by atoms with Gasteiger partial charge in [0.05, 0.1) is 6.54 Å². The highest BCUT2D eigenvalue weighted by Crippen LogP contribution is 2.13. The zero-order valence-corrected chi connectivity index (χ0v) is 12.4. The molecule has 7 heteroatoms. The van der Waals surface area contributed by atoms with Crippen molar-refractivity contribution in [1.29, 1.82) is 0 Å². The van der Waals surface area contributed by atoms with Crippen molar-refractivity contribution < 1.29 is 14.6 Å². The van der Waals surface area contributed by atoms with Crippen LogP contribution in [0.5, 0.6) is 5.75 Å². The number of thiocarbonyl (C=S) groups is 1. The summed E-state index contributed by atoms with van der Waals surface area (Å²) in [7, 11) is 0. The third-order valence-electron chi connectivity index (χ3n) is 3.15. The number of hydrogen-bond donors (Lipinski definition) is 3. The van der Waals surface area contributed by atoms with Crippen LogP contribution in [0.15, 0.2) is 24.3 Å². The summed E-state index contributed by atoms with van der Waals surface area (Å²) in [5.74, 6) is 0.592. The number of hydrogen-bond acceptors (Lipinski definition) is 5. The summed E-state index contributed by atoms with van der Waals surface area (Å²) >= 11 is 4.90. The van der Waals surface area contributed by atoms with E-state index in [9.17, 15) is 9.90 Å². The molecule has 0 radical (unpaired) electrons. The van der Waals surface area contributed by atoms with Gasteiger partial charge in [0.2, 0.25) is 5.91 Å². The van der Waals surface area contributed by atoms with E-state index in [1.54, 1.807) is 24.3 Å². The molecule has 1 aromatic carbocycles. The summed E-state index contributed by atoms with van der Waals surface area (Å²) in [6.45, 7) is 2.22. The molecule has 1 aliphatic rings. The Balaban J connectivity index is 1.80. The Labute approximate surface area is 128 Å². The summed E-state index contributed by atoms with van der Waals surface area (Å²) < 4.78 is 5.53. The Morgan fingerprint density at radius 2 is 2.38 bits per heavy atom. The molecular formula is C14H19N3O3S. The first kappa shape index (κ1) is 15.7. The average molecular weight is 309 g/mol. The molecule has 1 heterocycles. The van der Waals surface area contributed by atoms with Gasteiger partial charge in [-0.05, 0) is 12.1 Å². The molecular weight excluding hydrogens is 290 g/mol. The van der Waals surface area contributed by atoms with Gasteiger partial charge in [0.25, 0.3) is 0 Å². The van der Waals surface area contributed by atoms with Crippen LogP contribution in [0.25, 0.3) is 0 Å². The Morgan fingerprint density at radius 1 is 1.57 bits per heavy atom. The lowest BCUT2D eigenvalue weighted by Crippen LogP contribution is -2.50. The van der Waals surface area contributed by atoms with Crippen LogP contribution in [0.2, 0.25) is 0 Å². The van der Waals surface area contributed by atoms with Crippen molar-refractivity contribution in [3.63, 3.8) is 0 Å². The number of rotatable bonds is 6. The van der Waals surface area contributed by atoms with E-state index in [1.165, 1.54) is 0 Å². The average Bonchev–Trinajstić information content (AvgIpc) is 2.45. The molecule has 6 nitrogen and oxygen atoms in total. The largest absolute Gasteiger partial charge is 0.491 e. The fourth-order valence-corrected chi connectivity index (χ4v) is 2.26. The molecule has 114 valence electrons. The van der Waals surface area contributed by atoms with Crippen LogP contribution in [0.4, 0.5) is 0 Å². The van der Waals surface area contributed by atoms with Gasteiger partial charge in [-0.25, -0.2) is 0 Å². The quantitative estimate of drug-likeness (QED) is 0.614. The van der Waals surface area contributed by atoms with Gasteiger partial charge in [-0.2, -0.15) is 0 Å². The lowest BCUT2D eigenvalue weighted by Gasteiger charge is -2.28. The Kier molecular flexibility index (Phi) is 5.49. The van der Waals surface area contributed by atoms with Crippen molar-refractivity contribution in [2.24, 2.45) is 5.73 Å². The lowest BCUT2D eigenvalue weighted by atomic mass is 10.2. The zero-order chi connectivity index (χ0) is 15.2. The molecule has 21 heavy (non-hydrogen) atoms. The van der Waals surface area contributed by atoms with E-state index in [1.807, 2.05) is 4.90 Å². The summed E-state index contributed by atoms with van der Waals surface area (Å²) in [5, 5.41) is 12.7. The minimum Gasteiger partial charge on any atom is -0.491 e. The summed E-state index contributed by atoms with van der Waals surface area (Å²) in [6, 6.07) is 7.12. The normalized spacial score (nSPS) is 17.1. The molecule has 0 spiro atoms. The molecule has 0 bridgehead atoms. The van der Waals surface area contributed by atoms with Gasteiger partial charge in [-0.3, -0.25) is 9.69 Å². The monoisotopic (exact) mass is 309 g/mol. The van der Waals surface area contributed by atoms with Crippen LogP contribution in [0.3, 0.4) is 0 Å². The smallest absolute Gasteiger partial charge is 0.234 e. The van der Waals surface area contributed by atoms with Crippen molar-refractivity contribution in [3.8, 4) is 5.75 Å². The number of carbonyl (C=O) groups excluding carboxylic acids is 1. The number of nitrogens with zero attached hydrogens (tertiary/aromatic N) is 1. The predicted octanol–water partition coefficient (Wildman–Crippen LogP) is -0.508. The summed E-state index contributed by atoms with van der Waals surface area (Å²) in [5.41, 5.74) is 6.28. The van der Waals surface area contributed by atoms with E-state index in [0.717, 1.165) is 12.1 Å². The van der Waals surface area contributed by atoms with Crippen molar-refractivity contribution in [2.45, 2.75) is 6.10 Å². The van der Waals surface area contributed by atoms with E-state index in [2.05, 4.69) is 5.32 Å². The van der Waals surface area contributed by atoms with Crippen molar-refractivity contribution >= 4 is 23.1 Å². The molecule has 0 aromatic heterocycles. The van der Waals surface area contributed by atoms with Gasteiger partial charge in [0.15, 0.2) is 0 Å². The van der Waals surface area contributed by atoms with Crippen LogP contribution >= 0.6 is 12.2 Å². The number of piperazine rings is 1. The van der Waals surface area contributed by atoms with Gasteiger partial charge in [-0.1, -0.05) is 24.4 Å². The first-order chi connectivity index (χ1) is 10.0. The third-order valence-corrected chi connectivity index (χ3v) is 3.38. The van der Waals surface area contributed by atoms with Gasteiger partial charge in [0, 0.05) is 25.2 Å². The molecule has 1 fully saturated rings. The number of nitrogens with one attached hydrogen (secondary N) is 1. The summed E-state index contributed by atoms with van der Waals surface area (Å²) in [6.07, 6.45) is -0.663. The van der Waals surface area contributed by atoms with E-state index in [4.69, 9.17) is 22.7 Å². The van der Waals surface area contributed by atoms with Gasteiger partial charge >= 0.3 is 0 Å². The second kappa shape index (κ2) is 7.35. The molecule has 1 atom stereocenters. The number of aliphatic hydroxyl groups is 1. The van der Waals surface area contributed by atoms with Crippen LogP contribution in [-0.4, -0.2) is 59.8 Å². The van der Waals surface area contributed by atoms with E-state index in [0.29, 0.717) is 30.4 Å². The Hall–Kier alpha value is -1.70. The molecule has 2 rings (SSSR count). The van der Waals surface area contributed by atoms with Crippen LogP contribution in [0, 0.1) is 0 Å². The van der Waals surface area contributed by atoms with E-state index >= 15 is 0 Å². The Bertz CT molecular complexity index is 524. The van der Waals surface area contributed by atoms with E-state index < -0.39 is 6.10 Å². The van der Waals surface area contributed by atoms with Gasteiger partial charge < -0.3 is 20.9 Å². The molecule has 1 saturated heterocycles. The molecule has 1 amide bonds. The molecule has 4 N–H and O–H groups in total. The molecule has 1 aromatic rings. The number of β-amino-alcohol motifs (C(OH)–C–C–N with tert-alkyl or cyclic N) is 1. The minimum atomic E-state index is -0.663. The lowest BCUT2D eigenvalue weighted by molar-refractivity contribution is -0.124. The number of amides is 1. The highest BCUT2D eigenvalue weighted by molar-refractivity contribution is 7.80. The minimum absolute atomic E-state index is 0.0153. The van der Waals surface area contributed by atoms with Crippen LogP contribution in [-0.2, 0) is 4.79 Å². The molecule has 1 aliphatic heterocycles. The predicted molar refractivity (Wildman–Crippen MR) is 83.3 cm³/mol. The second-order valence-corrected chi connectivity index (χ2v) is 5.38. The standard InChI is InChI=1S/C14H19N3O3S/c15-14(21)10-2-1-3-12(6-10)20-9-11(18)7-17-5-4-16-13(19)8-17/h1-3,6,11,18H,4-5,7-9H2,(H2,15,21)(H,16,19). The van der Waals surface area contributed by atoms with E-state index in [-0.39, 0.29) is 12.5 Å². The highest BCUT2D eigenvalue weighted by Gasteiger charge is 2.19. The number of aliphatic hydroxyl groups excluding tert-OH is 1. The second-order valence-electron chi connectivity index (χ2n) is 4.94. The number of ether oxygens (including phenoxy) is 1. The van der Waals surface area contributed by atoms with Crippen LogP contribution in [0.1, 0.15) is 5.56 Å². The molecule has 1 unspecified atom stereocenters. The fourth-order valence-electron chi connectivity index (χ4n) is 2.13. The van der Waals surface area contributed by atoms with Gasteiger partial charge in [0.1, 0.15) is 23.4 Å². The van der Waals surface area contributed by atoms with Crippen molar-refractivity contribution in [2.75, 3.05) is 32.8 Å². The number of nitrogens with two attached hydrogens (primary N) is 1. The van der Waals surface area contributed by atoms with Crippen LogP contribution < -0.4 is 15.8 Å². The maximum Gasteiger partial charge on any atom is 0.234 e. The maximum atomic E-state index is 11.2. The summed E-state index contributed by atoms with van der Waals surface area (Å²) in [4.78, 5) is 13.5. The highest BCUT2D eigenvalue weighted by atomic mass is 32.1. The zero-order valence-electron chi connectivity index (χ0n) is 11.6. The van der Waals surface area contributed by atoms with Crippen molar-refractivity contribution in [3.05, 3.63) is 29.8 Å². The first-order valence-electron chi connectivity index (χ1n) is 6.74.